The van der Waals surface area contributed by atoms with E-state index in [-0.39, 0.29) is 0 Å². The van der Waals surface area contributed by atoms with E-state index in [0.717, 1.165) is 15.4 Å². The summed E-state index contributed by atoms with van der Waals surface area (Å²) in [4.78, 5) is 1.75. The van der Waals surface area contributed by atoms with Crippen molar-refractivity contribution in [3.63, 3.8) is 0 Å². The molecule has 0 saturated heterocycles. The van der Waals surface area contributed by atoms with Crippen molar-refractivity contribution in [2.75, 3.05) is 0 Å². The number of rotatable bonds is 2. The van der Waals surface area contributed by atoms with Crippen LogP contribution in [-0.4, -0.2) is 4.55 Å². The predicted molar refractivity (Wildman–Crippen MR) is 62.3 cm³/mol. The smallest absolute Gasteiger partial charge is 0.161 e. The van der Waals surface area contributed by atoms with E-state index in [4.69, 9.17) is 0 Å². The molecule has 0 spiro atoms. The molecule has 0 aromatic heterocycles. The van der Waals surface area contributed by atoms with Gasteiger partial charge in [-0.2, -0.15) is 0 Å². The summed E-state index contributed by atoms with van der Waals surface area (Å²) < 4.78 is 12.2. The highest BCUT2D eigenvalue weighted by atomic mass is 32.2. The Labute approximate surface area is 92.9 Å². The molecule has 0 aliphatic rings. The second kappa shape index (κ2) is 4.51. The van der Waals surface area contributed by atoms with Crippen LogP contribution in [0.15, 0.2) is 64.4 Å². The highest BCUT2D eigenvalue weighted by Gasteiger charge is 2.15. The SMILES string of the molecule is Cc1ccccc1[S+]([O-])c1ccccc1. The van der Waals surface area contributed by atoms with Gasteiger partial charge in [-0.1, -0.05) is 36.4 Å². The molecule has 0 saturated carbocycles. The summed E-state index contributed by atoms with van der Waals surface area (Å²) in [5, 5.41) is 0. The van der Waals surface area contributed by atoms with E-state index in [1.54, 1.807) is 0 Å². The number of hydrogen-bond acceptors (Lipinski definition) is 1. The van der Waals surface area contributed by atoms with Gasteiger partial charge in [-0.25, -0.2) is 0 Å². The Balaban J connectivity index is 2.37. The monoisotopic (exact) mass is 216 g/mol. The molecular formula is C13H12OS. The van der Waals surface area contributed by atoms with E-state index in [1.165, 1.54) is 0 Å². The highest BCUT2D eigenvalue weighted by Crippen LogP contribution is 2.22. The van der Waals surface area contributed by atoms with Gasteiger partial charge in [0.25, 0.3) is 0 Å². The van der Waals surface area contributed by atoms with Gasteiger partial charge in [-0.05, 0) is 25.1 Å². The maximum absolute atomic E-state index is 12.2. The second-order valence-corrected chi connectivity index (χ2v) is 4.80. The van der Waals surface area contributed by atoms with Crippen LogP contribution in [0.3, 0.4) is 0 Å². The Morgan fingerprint density at radius 1 is 0.867 bits per heavy atom. The third-order valence-corrected chi connectivity index (χ3v) is 3.81. The minimum Gasteiger partial charge on any atom is -0.606 e. The average molecular weight is 216 g/mol. The van der Waals surface area contributed by atoms with Gasteiger partial charge >= 0.3 is 0 Å². The van der Waals surface area contributed by atoms with Crippen LogP contribution in [-0.2, 0) is 11.2 Å². The molecule has 2 aromatic rings. The first-order chi connectivity index (χ1) is 7.29. The molecule has 1 nitrogen and oxygen atoms in total. The molecule has 0 bridgehead atoms. The Kier molecular flexibility index (Phi) is 3.09. The fourth-order valence-corrected chi connectivity index (χ4v) is 2.66. The Bertz CT molecular complexity index is 439. The zero-order valence-electron chi connectivity index (χ0n) is 8.51. The summed E-state index contributed by atoms with van der Waals surface area (Å²) in [7, 11) is 0. The topological polar surface area (TPSA) is 23.1 Å². The van der Waals surface area contributed by atoms with Gasteiger partial charge in [0.1, 0.15) is 0 Å². The lowest BCUT2D eigenvalue weighted by molar-refractivity contribution is 0.594. The molecule has 2 rings (SSSR count). The first-order valence-corrected chi connectivity index (χ1v) is 5.96. The summed E-state index contributed by atoms with van der Waals surface area (Å²) in [6, 6.07) is 17.3. The molecule has 0 amide bonds. The quantitative estimate of drug-likeness (QED) is 0.707. The lowest BCUT2D eigenvalue weighted by Gasteiger charge is -2.11. The third-order valence-electron chi connectivity index (χ3n) is 2.25. The predicted octanol–water partition coefficient (Wildman–Crippen LogP) is 3.16. The minimum atomic E-state index is -1.06. The maximum Gasteiger partial charge on any atom is 0.161 e. The van der Waals surface area contributed by atoms with E-state index in [9.17, 15) is 4.55 Å². The normalized spacial score (nSPS) is 12.4. The largest absolute Gasteiger partial charge is 0.606 e. The van der Waals surface area contributed by atoms with Gasteiger partial charge in [0.2, 0.25) is 0 Å². The Morgan fingerprint density at radius 2 is 1.47 bits per heavy atom. The summed E-state index contributed by atoms with van der Waals surface area (Å²) in [6.07, 6.45) is 0. The van der Waals surface area contributed by atoms with Gasteiger partial charge in [0.05, 0.1) is 0 Å². The van der Waals surface area contributed by atoms with Crippen LogP contribution < -0.4 is 0 Å². The van der Waals surface area contributed by atoms with Crippen molar-refractivity contribution >= 4 is 11.2 Å². The molecule has 2 heteroatoms. The lowest BCUT2D eigenvalue weighted by Crippen LogP contribution is -2.03. The van der Waals surface area contributed by atoms with Crippen LogP contribution in [0.2, 0.25) is 0 Å². The first-order valence-electron chi connectivity index (χ1n) is 4.81. The van der Waals surface area contributed by atoms with Crippen LogP contribution in [0.1, 0.15) is 5.56 Å². The Morgan fingerprint density at radius 3 is 2.13 bits per heavy atom. The van der Waals surface area contributed by atoms with Crippen LogP contribution >= 0.6 is 0 Å². The van der Waals surface area contributed by atoms with E-state index in [0.29, 0.717) is 0 Å². The van der Waals surface area contributed by atoms with Crippen molar-refractivity contribution in [1.82, 2.24) is 0 Å². The fraction of sp³-hybridized carbons (Fsp3) is 0.0769. The average Bonchev–Trinajstić information content (AvgIpc) is 2.30. The molecule has 1 atom stereocenters. The maximum atomic E-state index is 12.2. The van der Waals surface area contributed by atoms with Crippen molar-refractivity contribution in [3.8, 4) is 0 Å². The van der Waals surface area contributed by atoms with E-state index in [1.807, 2.05) is 61.5 Å². The third kappa shape index (κ3) is 2.22. The molecule has 15 heavy (non-hydrogen) atoms. The van der Waals surface area contributed by atoms with Crippen LogP contribution in [0.25, 0.3) is 0 Å². The molecule has 76 valence electrons. The van der Waals surface area contributed by atoms with Crippen LogP contribution in [0, 0.1) is 6.92 Å². The van der Waals surface area contributed by atoms with Crippen molar-refractivity contribution in [2.45, 2.75) is 16.7 Å². The van der Waals surface area contributed by atoms with Crippen LogP contribution in [0.5, 0.6) is 0 Å². The van der Waals surface area contributed by atoms with Crippen LogP contribution in [0.4, 0.5) is 0 Å². The van der Waals surface area contributed by atoms with Crippen molar-refractivity contribution in [2.24, 2.45) is 0 Å². The zero-order valence-corrected chi connectivity index (χ0v) is 9.33. The summed E-state index contributed by atoms with van der Waals surface area (Å²) in [5.74, 6) is 0. The zero-order chi connectivity index (χ0) is 10.7. The van der Waals surface area contributed by atoms with Gasteiger partial charge in [0, 0.05) is 16.7 Å². The standard InChI is InChI=1S/C13H12OS/c1-11-7-5-6-10-13(11)15(14)12-8-3-2-4-9-12/h2-10H,1H3. The van der Waals surface area contributed by atoms with E-state index >= 15 is 0 Å². The molecule has 0 aliphatic carbocycles. The van der Waals surface area contributed by atoms with E-state index in [2.05, 4.69) is 0 Å². The summed E-state index contributed by atoms with van der Waals surface area (Å²) >= 11 is -1.06. The molecule has 2 aromatic carbocycles. The number of benzene rings is 2. The molecule has 0 heterocycles. The van der Waals surface area contributed by atoms with E-state index < -0.39 is 11.2 Å². The molecule has 1 unspecified atom stereocenters. The van der Waals surface area contributed by atoms with Gasteiger partial charge < -0.3 is 4.55 Å². The fourth-order valence-electron chi connectivity index (χ4n) is 1.44. The number of aryl methyl sites for hydroxylation is 1. The minimum absolute atomic E-state index is 0.854. The van der Waals surface area contributed by atoms with Crippen molar-refractivity contribution in [3.05, 3.63) is 60.2 Å². The first kappa shape index (κ1) is 10.3. The van der Waals surface area contributed by atoms with Gasteiger partial charge in [-0.15, -0.1) is 0 Å². The molecule has 0 N–H and O–H groups in total. The molecule has 0 aliphatic heterocycles. The lowest BCUT2D eigenvalue weighted by atomic mass is 10.2. The highest BCUT2D eigenvalue weighted by molar-refractivity contribution is 7.91. The summed E-state index contributed by atoms with van der Waals surface area (Å²) in [6.45, 7) is 1.98. The molecular weight excluding hydrogens is 204 g/mol. The van der Waals surface area contributed by atoms with Crippen molar-refractivity contribution < 1.29 is 4.55 Å². The summed E-state index contributed by atoms with van der Waals surface area (Å²) in [5.41, 5.74) is 1.07. The molecule has 0 radical (unpaired) electrons. The van der Waals surface area contributed by atoms with Crippen molar-refractivity contribution in [1.29, 1.82) is 0 Å². The van der Waals surface area contributed by atoms with Gasteiger partial charge in [0.15, 0.2) is 9.79 Å². The Hall–Kier alpha value is -1.25. The molecule has 0 fully saturated rings. The second-order valence-electron chi connectivity index (χ2n) is 3.35. The van der Waals surface area contributed by atoms with Gasteiger partial charge in [-0.3, -0.25) is 0 Å². The number of hydrogen-bond donors (Lipinski definition) is 0.